The van der Waals surface area contributed by atoms with Crippen molar-refractivity contribution in [3.8, 4) is 0 Å². The van der Waals surface area contributed by atoms with E-state index in [0.29, 0.717) is 23.6 Å². The molecule has 25 heavy (non-hydrogen) atoms. The summed E-state index contributed by atoms with van der Waals surface area (Å²) in [6, 6.07) is 8.13. The molecular weight excluding hydrogens is 334 g/mol. The number of hydrogen-bond acceptors (Lipinski definition) is 7. The molecular formula is C18H25N5OS. The van der Waals surface area contributed by atoms with Crippen molar-refractivity contribution in [2.45, 2.75) is 44.5 Å². The Morgan fingerprint density at radius 3 is 2.92 bits per heavy atom. The number of nitrogens with zero attached hydrogens (tertiary/aromatic N) is 3. The van der Waals surface area contributed by atoms with Crippen LogP contribution in [0.3, 0.4) is 0 Å². The summed E-state index contributed by atoms with van der Waals surface area (Å²) in [5.41, 5.74) is 8.08. The second-order valence-corrected chi connectivity index (χ2v) is 7.10. The van der Waals surface area contributed by atoms with E-state index in [1.165, 1.54) is 18.4 Å². The highest BCUT2D eigenvalue weighted by atomic mass is 32.2. The van der Waals surface area contributed by atoms with Gasteiger partial charge in [0, 0.05) is 18.0 Å². The Hall–Kier alpha value is -1.86. The molecule has 0 saturated carbocycles. The van der Waals surface area contributed by atoms with Crippen LogP contribution in [0.25, 0.3) is 0 Å². The summed E-state index contributed by atoms with van der Waals surface area (Å²) in [7, 11) is 0. The lowest BCUT2D eigenvalue weighted by Gasteiger charge is -2.21. The van der Waals surface area contributed by atoms with Gasteiger partial charge >= 0.3 is 0 Å². The third kappa shape index (κ3) is 5.31. The Morgan fingerprint density at radius 1 is 1.24 bits per heavy atom. The van der Waals surface area contributed by atoms with E-state index in [0.717, 1.165) is 30.9 Å². The van der Waals surface area contributed by atoms with Crippen molar-refractivity contribution in [2.75, 3.05) is 23.4 Å². The van der Waals surface area contributed by atoms with Crippen molar-refractivity contribution in [1.82, 2.24) is 15.0 Å². The number of ether oxygens (including phenoxy) is 1. The van der Waals surface area contributed by atoms with Crippen molar-refractivity contribution in [3.63, 3.8) is 0 Å². The van der Waals surface area contributed by atoms with Gasteiger partial charge in [-0.3, -0.25) is 0 Å². The van der Waals surface area contributed by atoms with Gasteiger partial charge in [0.2, 0.25) is 11.9 Å². The Morgan fingerprint density at radius 2 is 2.12 bits per heavy atom. The van der Waals surface area contributed by atoms with Crippen LogP contribution in [-0.4, -0.2) is 33.4 Å². The average Bonchev–Trinajstić information content (AvgIpc) is 2.63. The summed E-state index contributed by atoms with van der Waals surface area (Å²) in [5.74, 6) is 3.11. The van der Waals surface area contributed by atoms with Gasteiger partial charge in [-0.1, -0.05) is 25.1 Å². The highest BCUT2D eigenvalue weighted by molar-refractivity contribution is 7.98. The molecule has 2 aromatic rings. The van der Waals surface area contributed by atoms with Crippen LogP contribution >= 0.6 is 11.8 Å². The van der Waals surface area contributed by atoms with E-state index >= 15 is 0 Å². The van der Waals surface area contributed by atoms with E-state index in [4.69, 9.17) is 10.5 Å². The topological polar surface area (TPSA) is 86.0 Å². The first-order valence-electron chi connectivity index (χ1n) is 8.79. The minimum atomic E-state index is 0.246. The van der Waals surface area contributed by atoms with Crippen molar-refractivity contribution in [1.29, 1.82) is 0 Å². The summed E-state index contributed by atoms with van der Waals surface area (Å²) in [6.07, 6.45) is 4.88. The fourth-order valence-electron chi connectivity index (χ4n) is 2.85. The smallest absolute Gasteiger partial charge is 0.232 e. The molecule has 1 aliphatic rings. The van der Waals surface area contributed by atoms with Gasteiger partial charge in [-0.15, -0.1) is 0 Å². The summed E-state index contributed by atoms with van der Waals surface area (Å²) in [6.45, 7) is 3.01. The van der Waals surface area contributed by atoms with Crippen LogP contribution in [-0.2, 0) is 16.9 Å². The first-order chi connectivity index (χ1) is 12.2. The molecule has 1 aromatic carbocycles. The van der Waals surface area contributed by atoms with E-state index in [1.807, 2.05) is 18.2 Å². The first-order valence-corrected chi connectivity index (χ1v) is 9.94. The van der Waals surface area contributed by atoms with Crippen LogP contribution in [0.2, 0.25) is 0 Å². The Balaban J connectivity index is 1.61. The number of hydrogen-bond donors (Lipinski definition) is 2. The van der Waals surface area contributed by atoms with E-state index in [1.54, 1.807) is 11.8 Å². The molecule has 6 nitrogen and oxygen atoms in total. The fraction of sp³-hybridized carbons (Fsp3) is 0.500. The molecule has 1 saturated heterocycles. The van der Waals surface area contributed by atoms with Gasteiger partial charge in [-0.2, -0.15) is 26.7 Å². The second-order valence-electron chi connectivity index (χ2n) is 6.07. The average molecular weight is 359 g/mol. The first kappa shape index (κ1) is 17.9. The molecule has 0 amide bonds. The van der Waals surface area contributed by atoms with Crippen LogP contribution < -0.4 is 11.1 Å². The van der Waals surface area contributed by atoms with Crippen LogP contribution in [0.15, 0.2) is 24.3 Å². The van der Waals surface area contributed by atoms with Gasteiger partial charge in [0.1, 0.15) is 5.82 Å². The molecule has 1 fully saturated rings. The summed E-state index contributed by atoms with van der Waals surface area (Å²) < 4.78 is 5.76. The minimum Gasteiger partial charge on any atom is -0.377 e. The molecule has 134 valence electrons. The largest absolute Gasteiger partial charge is 0.377 e. The molecule has 1 unspecified atom stereocenters. The number of nitrogens with two attached hydrogens (primary N) is 1. The van der Waals surface area contributed by atoms with E-state index in [-0.39, 0.29) is 5.95 Å². The highest BCUT2D eigenvalue weighted by Crippen LogP contribution is 2.22. The number of aromatic nitrogens is 3. The number of rotatable bonds is 7. The molecule has 1 aliphatic heterocycles. The minimum absolute atomic E-state index is 0.246. The van der Waals surface area contributed by atoms with Crippen molar-refractivity contribution < 1.29 is 4.74 Å². The number of nitrogen functional groups attached to an aromatic ring is 1. The molecule has 2 heterocycles. The van der Waals surface area contributed by atoms with Gasteiger partial charge in [0.25, 0.3) is 0 Å². The Kier molecular flexibility index (Phi) is 6.47. The zero-order valence-corrected chi connectivity index (χ0v) is 15.4. The maximum atomic E-state index is 5.86. The number of para-hydroxylation sites is 1. The zero-order valence-electron chi connectivity index (χ0n) is 14.6. The second kappa shape index (κ2) is 9.01. The summed E-state index contributed by atoms with van der Waals surface area (Å²) in [4.78, 5) is 13.0. The predicted molar refractivity (Wildman–Crippen MR) is 103 cm³/mol. The van der Waals surface area contributed by atoms with Crippen molar-refractivity contribution in [2.24, 2.45) is 0 Å². The van der Waals surface area contributed by atoms with E-state index in [2.05, 4.69) is 33.3 Å². The maximum absolute atomic E-state index is 5.86. The zero-order chi connectivity index (χ0) is 17.5. The molecule has 1 atom stereocenters. The van der Waals surface area contributed by atoms with Gasteiger partial charge < -0.3 is 15.8 Å². The lowest BCUT2D eigenvalue weighted by molar-refractivity contribution is 0.0315. The van der Waals surface area contributed by atoms with E-state index < -0.39 is 0 Å². The lowest BCUT2D eigenvalue weighted by atomic mass is 10.1. The summed E-state index contributed by atoms with van der Waals surface area (Å²) in [5, 5.41) is 3.27. The quantitative estimate of drug-likeness (QED) is 0.781. The standard InChI is InChI=1S/C18H25N5OS/c1-2-13-7-3-4-9-15(13)20-18-22-16(21-17(19)23-18)12-25-11-14-8-5-6-10-24-14/h3-4,7,9,14H,2,5-6,8,10-12H2,1H3,(H3,19,20,21,22,23). The monoisotopic (exact) mass is 359 g/mol. The van der Waals surface area contributed by atoms with Gasteiger partial charge in [-0.25, -0.2) is 0 Å². The fourth-order valence-corrected chi connectivity index (χ4v) is 3.81. The number of thioether (sulfide) groups is 1. The maximum Gasteiger partial charge on any atom is 0.232 e. The number of anilines is 3. The van der Waals surface area contributed by atoms with Gasteiger partial charge in [0.15, 0.2) is 0 Å². The molecule has 0 bridgehead atoms. The van der Waals surface area contributed by atoms with E-state index in [9.17, 15) is 0 Å². The third-order valence-corrected chi connectivity index (χ3v) is 5.22. The van der Waals surface area contributed by atoms with Crippen LogP contribution in [0, 0.1) is 0 Å². The van der Waals surface area contributed by atoms with Gasteiger partial charge in [0.05, 0.1) is 11.9 Å². The Bertz CT molecular complexity index is 691. The van der Waals surface area contributed by atoms with Crippen LogP contribution in [0.4, 0.5) is 17.6 Å². The lowest BCUT2D eigenvalue weighted by Crippen LogP contribution is -2.21. The Labute approximate surface area is 153 Å². The number of benzene rings is 1. The van der Waals surface area contributed by atoms with Crippen LogP contribution in [0.1, 0.15) is 37.6 Å². The molecule has 7 heteroatoms. The predicted octanol–water partition coefficient (Wildman–Crippen LogP) is 3.56. The van der Waals surface area contributed by atoms with Crippen molar-refractivity contribution >= 4 is 29.3 Å². The third-order valence-electron chi connectivity index (χ3n) is 4.15. The molecule has 0 spiro atoms. The van der Waals surface area contributed by atoms with Crippen molar-refractivity contribution in [3.05, 3.63) is 35.7 Å². The number of nitrogens with one attached hydrogen (secondary N) is 1. The SMILES string of the molecule is CCc1ccccc1Nc1nc(N)nc(CSCC2CCCCO2)n1. The molecule has 0 aliphatic carbocycles. The molecule has 3 N–H and O–H groups in total. The van der Waals surface area contributed by atoms with Crippen LogP contribution in [0.5, 0.6) is 0 Å². The normalized spacial score (nSPS) is 17.4. The highest BCUT2D eigenvalue weighted by Gasteiger charge is 2.14. The molecule has 3 rings (SSSR count). The molecule has 0 radical (unpaired) electrons. The summed E-state index contributed by atoms with van der Waals surface area (Å²) >= 11 is 1.78. The molecule has 1 aromatic heterocycles. The number of aryl methyl sites for hydroxylation is 1. The van der Waals surface area contributed by atoms with Gasteiger partial charge in [-0.05, 0) is 37.3 Å².